The molecular formula is C14H12ClN3. The van der Waals surface area contributed by atoms with Crippen molar-refractivity contribution in [2.75, 3.05) is 11.1 Å². The number of rotatable bonds is 2. The van der Waals surface area contributed by atoms with Crippen LogP contribution in [0.5, 0.6) is 0 Å². The van der Waals surface area contributed by atoms with E-state index < -0.39 is 0 Å². The number of hydrogen-bond donors (Lipinski definition) is 2. The van der Waals surface area contributed by atoms with Crippen molar-refractivity contribution in [1.29, 1.82) is 5.26 Å². The standard InChI is InChI=1S/C14H12ClN3/c1-9-2-3-12(7-13(9)15)18-11-4-5-14(17)10(6-11)8-16/h2-7,18H,17H2,1H3. The molecule has 0 atom stereocenters. The summed E-state index contributed by atoms with van der Waals surface area (Å²) in [6.07, 6.45) is 0. The Balaban J connectivity index is 2.29. The molecule has 0 aromatic heterocycles. The van der Waals surface area contributed by atoms with Crippen molar-refractivity contribution >= 4 is 28.7 Å². The normalized spacial score (nSPS) is 9.83. The first-order chi connectivity index (χ1) is 8.60. The van der Waals surface area contributed by atoms with Gasteiger partial charge in [-0.15, -0.1) is 0 Å². The fraction of sp³-hybridized carbons (Fsp3) is 0.0714. The third kappa shape index (κ3) is 2.55. The number of nitrogen functional groups attached to an aromatic ring is 1. The highest BCUT2D eigenvalue weighted by molar-refractivity contribution is 6.31. The first kappa shape index (κ1) is 12.3. The van der Waals surface area contributed by atoms with Gasteiger partial charge >= 0.3 is 0 Å². The topological polar surface area (TPSA) is 61.8 Å². The Morgan fingerprint density at radius 1 is 1.17 bits per heavy atom. The highest BCUT2D eigenvalue weighted by Gasteiger charge is 2.02. The highest BCUT2D eigenvalue weighted by atomic mass is 35.5. The Hall–Kier alpha value is -2.18. The Morgan fingerprint density at radius 3 is 2.50 bits per heavy atom. The predicted octanol–water partition coefficient (Wildman–Crippen LogP) is 3.85. The Bertz CT molecular complexity index is 629. The summed E-state index contributed by atoms with van der Waals surface area (Å²) >= 11 is 6.05. The van der Waals surface area contributed by atoms with E-state index >= 15 is 0 Å². The van der Waals surface area contributed by atoms with E-state index in [2.05, 4.69) is 11.4 Å². The molecule has 0 aliphatic rings. The van der Waals surface area contributed by atoms with Crippen molar-refractivity contribution in [3.05, 3.63) is 52.5 Å². The van der Waals surface area contributed by atoms with Gasteiger partial charge in [0, 0.05) is 22.1 Å². The molecule has 0 aliphatic carbocycles. The fourth-order valence-electron chi connectivity index (χ4n) is 1.57. The minimum atomic E-state index is 0.457. The molecule has 0 saturated heterocycles. The molecule has 0 saturated carbocycles. The van der Waals surface area contributed by atoms with Gasteiger partial charge in [-0.2, -0.15) is 5.26 Å². The third-order valence-electron chi connectivity index (χ3n) is 2.63. The number of aryl methyl sites for hydroxylation is 1. The van der Waals surface area contributed by atoms with Crippen LogP contribution in [0, 0.1) is 18.3 Å². The van der Waals surface area contributed by atoms with Crippen molar-refractivity contribution in [2.45, 2.75) is 6.92 Å². The van der Waals surface area contributed by atoms with Crippen molar-refractivity contribution in [2.24, 2.45) is 0 Å². The predicted molar refractivity (Wildman–Crippen MR) is 75.0 cm³/mol. The Morgan fingerprint density at radius 2 is 1.83 bits per heavy atom. The number of nitrogens with two attached hydrogens (primary N) is 1. The Labute approximate surface area is 111 Å². The molecule has 0 aliphatic heterocycles. The fourth-order valence-corrected chi connectivity index (χ4v) is 1.75. The van der Waals surface area contributed by atoms with Crippen LogP contribution in [0.4, 0.5) is 17.1 Å². The zero-order valence-corrected chi connectivity index (χ0v) is 10.6. The molecule has 4 heteroatoms. The molecule has 0 radical (unpaired) electrons. The summed E-state index contributed by atoms with van der Waals surface area (Å²) in [6.45, 7) is 1.95. The number of anilines is 3. The lowest BCUT2D eigenvalue weighted by molar-refractivity contribution is 1.44. The summed E-state index contributed by atoms with van der Waals surface area (Å²) in [5, 5.41) is 12.8. The molecule has 2 rings (SSSR count). The number of halogens is 1. The van der Waals surface area contributed by atoms with Crippen molar-refractivity contribution in [3.63, 3.8) is 0 Å². The van der Waals surface area contributed by atoms with Crippen LogP contribution in [0.3, 0.4) is 0 Å². The number of nitrogens with zero attached hydrogens (tertiary/aromatic N) is 1. The van der Waals surface area contributed by atoms with Gasteiger partial charge in [-0.05, 0) is 42.8 Å². The number of benzene rings is 2. The summed E-state index contributed by atoms with van der Waals surface area (Å²) in [6, 6.07) is 13.0. The molecule has 18 heavy (non-hydrogen) atoms. The lowest BCUT2D eigenvalue weighted by Crippen LogP contribution is -1.94. The lowest BCUT2D eigenvalue weighted by atomic mass is 10.1. The molecule has 0 amide bonds. The quantitative estimate of drug-likeness (QED) is 0.804. The molecule has 3 N–H and O–H groups in total. The molecule has 2 aromatic rings. The second-order valence-corrected chi connectivity index (χ2v) is 4.41. The van der Waals surface area contributed by atoms with Crippen LogP contribution in [0.15, 0.2) is 36.4 Å². The minimum Gasteiger partial charge on any atom is -0.398 e. The van der Waals surface area contributed by atoms with E-state index in [0.717, 1.165) is 16.9 Å². The average Bonchev–Trinajstić information content (AvgIpc) is 2.36. The maximum Gasteiger partial charge on any atom is 0.101 e. The minimum absolute atomic E-state index is 0.457. The van der Waals surface area contributed by atoms with Gasteiger partial charge in [0.1, 0.15) is 6.07 Å². The molecule has 3 nitrogen and oxygen atoms in total. The summed E-state index contributed by atoms with van der Waals surface area (Å²) in [5.41, 5.74) is 9.31. The van der Waals surface area contributed by atoms with Crippen LogP contribution in [0.2, 0.25) is 5.02 Å². The van der Waals surface area contributed by atoms with Gasteiger partial charge in [-0.25, -0.2) is 0 Å². The van der Waals surface area contributed by atoms with Gasteiger partial charge in [-0.1, -0.05) is 17.7 Å². The maximum absolute atomic E-state index is 8.91. The number of nitrogens with one attached hydrogen (secondary N) is 1. The van der Waals surface area contributed by atoms with E-state index in [-0.39, 0.29) is 0 Å². The molecule has 0 heterocycles. The number of hydrogen-bond acceptors (Lipinski definition) is 3. The van der Waals surface area contributed by atoms with Crippen molar-refractivity contribution in [1.82, 2.24) is 0 Å². The van der Waals surface area contributed by atoms with Gasteiger partial charge in [0.25, 0.3) is 0 Å². The molecule has 0 unspecified atom stereocenters. The smallest absolute Gasteiger partial charge is 0.101 e. The maximum atomic E-state index is 8.91. The summed E-state index contributed by atoms with van der Waals surface area (Å²) in [4.78, 5) is 0. The average molecular weight is 258 g/mol. The zero-order valence-electron chi connectivity index (χ0n) is 9.87. The van der Waals surface area contributed by atoms with Crippen molar-refractivity contribution < 1.29 is 0 Å². The summed E-state index contributed by atoms with van der Waals surface area (Å²) in [5.74, 6) is 0. The summed E-state index contributed by atoms with van der Waals surface area (Å²) in [7, 11) is 0. The second-order valence-electron chi connectivity index (χ2n) is 4.00. The lowest BCUT2D eigenvalue weighted by Gasteiger charge is -2.09. The van der Waals surface area contributed by atoms with Gasteiger partial charge in [0.15, 0.2) is 0 Å². The number of nitriles is 1. The largest absolute Gasteiger partial charge is 0.398 e. The highest BCUT2D eigenvalue weighted by Crippen LogP contribution is 2.24. The van der Waals surface area contributed by atoms with Gasteiger partial charge < -0.3 is 11.1 Å². The van der Waals surface area contributed by atoms with E-state index in [1.165, 1.54) is 0 Å². The van der Waals surface area contributed by atoms with E-state index in [4.69, 9.17) is 22.6 Å². The van der Waals surface area contributed by atoms with Crippen LogP contribution >= 0.6 is 11.6 Å². The third-order valence-corrected chi connectivity index (χ3v) is 3.04. The van der Waals surface area contributed by atoms with Crippen molar-refractivity contribution in [3.8, 4) is 6.07 Å². The molecule has 0 fully saturated rings. The van der Waals surface area contributed by atoms with E-state index in [9.17, 15) is 0 Å². The van der Waals surface area contributed by atoms with E-state index in [0.29, 0.717) is 16.3 Å². The SMILES string of the molecule is Cc1ccc(Nc2ccc(N)c(C#N)c2)cc1Cl. The van der Waals surface area contributed by atoms with Crippen LogP contribution < -0.4 is 11.1 Å². The molecule has 90 valence electrons. The van der Waals surface area contributed by atoms with Crippen LogP contribution in [-0.2, 0) is 0 Å². The first-order valence-corrected chi connectivity index (χ1v) is 5.81. The summed E-state index contributed by atoms with van der Waals surface area (Å²) < 4.78 is 0. The molecule has 0 spiro atoms. The van der Waals surface area contributed by atoms with E-state index in [1.54, 1.807) is 12.1 Å². The van der Waals surface area contributed by atoms with Gasteiger partial charge in [0.2, 0.25) is 0 Å². The van der Waals surface area contributed by atoms with Gasteiger partial charge in [0.05, 0.1) is 5.56 Å². The van der Waals surface area contributed by atoms with Gasteiger partial charge in [-0.3, -0.25) is 0 Å². The molecule has 0 bridgehead atoms. The molecule has 2 aromatic carbocycles. The zero-order chi connectivity index (χ0) is 13.1. The first-order valence-electron chi connectivity index (χ1n) is 5.43. The van der Waals surface area contributed by atoms with E-state index in [1.807, 2.05) is 31.2 Å². The molecular weight excluding hydrogens is 246 g/mol. The van der Waals surface area contributed by atoms with Crippen LogP contribution in [-0.4, -0.2) is 0 Å². The monoisotopic (exact) mass is 257 g/mol. The van der Waals surface area contributed by atoms with Crippen LogP contribution in [0.1, 0.15) is 11.1 Å². The Kier molecular flexibility index (Phi) is 3.40. The second kappa shape index (κ2) is 4.99. The van der Waals surface area contributed by atoms with Crippen LogP contribution in [0.25, 0.3) is 0 Å².